The fraction of sp³-hybridized carbons (Fsp3) is 0. The summed E-state index contributed by atoms with van der Waals surface area (Å²) in [6, 6.07) is 109. The van der Waals surface area contributed by atoms with Crippen LogP contribution in [-0.2, 0) is 0 Å². The Morgan fingerprint density at radius 2 is 0.711 bits per heavy atom. The molecule has 0 saturated carbocycles. The molecule has 14 aromatic rings. The fourth-order valence-corrected chi connectivity index (χ4v) is 23.0. The first kappa shape index (κ1) is 45.6. The molecular weight excluding hydrogens is 971 g/mol. The Balaban J connectivity index is 0.905. The molecular formula is C70H49N3SSi2. The van der Waals surface area contributed by atoms with E-state index < -0.39 is 16.1 Å². The predicted octanol–water partition coefficient (Wildman–Crippen LogP) is 12.0. The number of nitrogens with zero attached hydrogens (tertiary/aromatic N) is 3. The van der Waals surface area contributed by atoms with Crippen molar-refractivity contribution in [1.82, 2.24) is 14.5 Å². The lowest BCUT2D eigenvalue weighted by molar-refractivity contribution is 1.18. The van der Waals surface area contributed by atoms with E-state index in [9.17, 15) is 0 Å². The van der Waals surface area contributed by atoms with Gasteiger partial charge in [-0.1, -0.05) is 261 Å². The van der Waals surface area contributed by atoms with Crippen molar-refractivity contribution in [3.63, 3.8) is 0 Å². The molecule has 0 atom stereocenters. The molecule has 0 spiro atoms. The lowest BCUT2D eigenvalue weighted by Gasteiger charge is -2.35. The smallest absolute Gasteiger partial charge is 0.179 e. The van der Waals surface area contributed by atoms with Gasteiger partial charge >= 0.3 is 0 Å². The normalized spacial score (nSPS) is 11.9. The third-order valence-corrected chi connectivity index (χ3v) is 26.4. The SMILES string of the molecule is c1ccc([Si](c2ccccc2)(c2ccc(-c3ccc([Si](c4ccccc4)(c4ccccc4)c4cccc(-n5c6ccccc6c6ccccc65)c4)cc3)cc2)c2cccc(-c3ncnc4c3sc3ccccc34)c2)cc1. The molecule has 0 radical (unpaired) electrons. The van der Waals surface area contributed by atoms with Crippen LogP contribution in [0.5, 0.6) is 0 Å². The van der Waals surface area contributed by atoms with Crippen LogP contribution >= 0.6 is 11.3 Å². The molecule has 0 aliphatic heterocycles. The van der Waals surface area contributed by atoms with Gasteiger partial charge in [0.15, 0.2) is 16.1 Å². The molecule has 0 aliphatic rings. The van der Waals surface area contributed by atoms with Crippen LogP contribution in [0.1, 0.15) is 0 Å². The number of fused-ring (bicyclic) bond motifs is 6. The largest absolute Gasteiger partial charge is 0.309 e. The summed E-state index contributed by atoms with van der Waals surface area (Å²) >= 11 is 1.77. The van der Waals surface area contributed by atoms with E-state index in [0.717, 1.165) is 27.2 Å². The van der Waals surface area contributed by atoms with Gasteiger partial charge in [-0.2, -0.15) is 0 Å². The molecule has 0 aliphatic carbocycles. The van der Waals surface area contributed by atoms with Crippen LogP contribution in [0, 0.1) is 0 Å². The zero-order valence-electron chi connectivity index (χ0n) is 41.5. The summed E-state index contributed by atoms with van der Waals surface area (Å²) in [6.45, 7) is 0. The number of hydrogen-bond donors (Lipinski definition) is 0. The second kappa shape index (κ2) is 19.0. The van der Waals surface area contributed by atoms with Gasteiger partial charge in [-0.3, -0.25) is 0 Å². The van der Waals surface area contributed by atoms with Crippen molar-refractivity contribution < 1.29 is 0 Å². The van der Waals surface area contributed by atoms with E-state index in [1.54, 1.807) is 17.7 Å². The standard InChI is InChI=1S/C70H49N3SSi2/c1-5-23-54(24-6-1)75(55-25-7-2-8-26-55,60-31-19-21-52(47-60)68-70-69(72-49-71-68)64-35-15-18-38-67(64)74-70)58-43-39-50(40-44-58)51-41-45-59(46-42-51)76(56-27-9-3-10-28-56,57-29-11-4-12-30-57)61-32-20-22-53(48-61)73-65-36-16-13-33-62(65)63-34-14-17-37-66(63)73/h1-49H. The Hall–Kier alpha value is -9.05. The van der Waals surface area contributed by atoms with E-state index in [0.29, 0.717) is 0 Å². The summed E-state index contributed by atoms with van der Waals surface area (Å²) in [5.74, 6) is 0. The molecule has 14 rings (SSSR count). The zero-order valence-corrected chi connectivity index (χ0v) is 44.4. The predicted molar refractivity (Wildman–Crippen MR) is 327 cm³/mol. The monoisotopic (exact) mass is 1020 g/mol. The van der Waals surface area contributed by atoms with Gasteiger partial charge in [-0.25, -0.2) is 9.97 Å². The Morgan fingerprint density at radius 1 is 0.303 bits per heavy atom. The highest BCUT2D eigenvalue weighted by Crippen LogP contribution is 2.38. The van der Waals surface area contributed by atoms with Gasteiger partial charge in [-0.05, 0) is 83.0 Å². The molecule has 0 amide bonds. The van der Waals surface area contributed by atoms with Crippen molar-refractivity contribution in [3.8, 4) is 28.1 Å². The number of benzene rings is 11. The third kappa shape index (κ3) is 7.36. The summed E-state index contributed by atoms with van der Waals surface area (Å²) in [6.07, 6.45) is 1.73. The van der Waals surface area contributed by atoms with Crippen LogP contribution in [-0.4, -0.2) is 30.7 Å². The summed E-state index contributed by atoms with van der Waals surface area (Å²) in [4.78, 5) is 9.78. The van der Waals surface area contributed by atoms with Gasteiger partial charge < -0.3 is 4.57 Å². The maximum Gasteiger partial charge on any atom is 0.179 e. The molecule has 11 aromatic carbocycles. The number of hydrogen-bond acceptors (Lipinski definition) is 3. The molecule has 3 aromatic heterocycles. The topological polar surface area (TPSA) is 30.7 Å². The molecule has 76 heavy (non-hydrogen) atoms. The Bertz CT molecular complexity index is 4250. The van der Waals surface area contributed by atoms with Crippen LogP contribution in [0.2, 0.25) is 0 Å². The maximum atomic E-state index is 4.98. The number of aromatic nitrogens is 3. The van der Waals surface area contributed by atoms with Crippen molar-refractivity contribution in [1.29, 1.82) is 0 Å². The summed E-state index contributed by atoms with van der Waals surface area (Å²) in [7, 11) is -5.84. The summed E-state index contributed by atoms with van der Waals surface area (Å²) in [5.41, 5.74) is 9.02. The number of thiophene rings is 1. The second-order valence-electron chi connectivity index (χ2n) is 19.6. The molecule has 358 valence electrons. The molecule has 6 heteroatoms. The minimum Gasteiger partial charge on any atom is -0.309 e. The highest BCUT2D eigenvalue weighted by atomic mass is 32.1. The van der Waals surface area contributed by atoms with Gasteiger partial charge in [-0.15, -0.1) is 11.3 Å². The number of rotatable bonds is 11. The van der Waals surface area contributed by atoms with Crippen molar-refractivity contribution in [3.05, 3.63) is 298 Å². The van der Waals surface area contributed by atoms with Crippen LogP contribution in [0.15, 0.2) is 298 Å². The van der Waals surface area contributed by atoms with Crippen molar-refractivity contribution in [2.24, 2.45) is 0 Å². The van der Waals surface area contributed by atoms with E-state index in [1.807, 2.05) is 0 Å². The van der Waals surface area contributed by atoms with Crippen LogP contribution < -0.4 is 41.5 Å². The van der Waals surface area contributed by atoms with Crippen LogP contribution in [0.4, 0.5) is 0 Å². The van der Waals surface area contributed by atoms with Gasteiger partial charge in [0.1, 0.15) is 6.33 Å². The fourth-order valence-electron chi connectivity index (χ4n) is 12.3. The molecule has 3 heterocycles. The average Bonchev–Trinajstić information content (AvgIpc) is 4.14. The van der Waals surface area contributed by atoms with E-state index >= 15 is 0 Å². The van der Waals surface area contributed by atoms with Crippen LogP contribution in [0.25, 0.3) is 70.2 Å². The first-order valence-corrected chi connectivity index (χ1v) is 30.8. The van der Waals surface area contributed by atoms with E-state index in [1.165, 1.54) is 84.5 Å². The Morgan fingerprint density at radius 3 is 1.22 bits per heavy atom. The van der Waals surface area contributed by atoms with Gasteiger partial charge in [0.2, 0.25) is 0 Å². The lowest BCUT2D eigenvalue weighted by Crippen LogP contribution is -2.74. The minimum absolute atomic E-state index is 0.971. The molecule has 3 nitrogen and oxygen atoms in total. The van der Waals surface area contributed by atoms with E-state index in [2.05, 4.69) is 296 Å². The third-order valence-electron chi connectivity index (χ3n) is 15.6. The first-order chi connectivity index (χ1) is 37.7. The molecule has 0 fully saturated rings. The Kier molecular flexibility index (Phi) is 11.4. The van der Waals surface area contributed by atoms with Crippen LogP contribution in [0.3, 0.4) is 0 Å². The zero-order chi connectivity index (χ0) is 50.5. The molecule has 0 N–H and O–H groups in total. The van der Waals surface area contributed by atoms with Crippen molar-refractivity contribution >= 4 is 111 Å². The Labute approximate surface area is 448 Å². The van der Waals surface area contributed by atoms with Crippen molar-refractivity contribution in [2.75, 3.05) is 0 Å². The average molecular weight is 1020 g/mol. The summed E-state index contributed by atoms with van der Waals surface area (Å²) in [5, 5.41) is 14.3. The second-order valence-corrected chi connectivity index (χ2v) is 28.3. The highest BCUT2D eigenvalue weighted by molar-refractivity contribution is 7.26. The van der Waals surface area contributed by atoms with E-state index in [-0.39, 0.29) is 0 Å². The maximum absolute atomic E-state index is 4.98. The van der Waals surface area contributed by atoms with Gasteiger partial charge in [0.05, 0.1) is 26.9 Å². The van der Waals surface area contributed by atoms with Gasteiger partial charge in [0, 0.05) is 32.1 Å². The van der Waals surface area contributed by atoms with E-state index in [4.69, 9.17) is 9.97 Å². The molecule has 0 saturated heterocycles. The lowest BCUT2D eigenvalue weighted by atomic mass is 10.1. The quantitative estimate of drug-likeness (QED) is 0.0955. The molecule has 0 unspecified atom stereocenters. The number of para-hydroxylation sites is 2. The van der Waals surface area contributed by atoms with Gasteiger partial charge in [0.25, 0.3) is 0 Å². The van der Waals surface area contributed by atoms with Crippen molar-refractivity contribution in [2.45, 2.75) is 0 Å². The highest BCUT2D eigenvalue weighted by Gasteiger charge is 2.43. The first-order valence-electron chi connectivity index (χ1n) is 26.0. The summed E-state index contributed by atoms with van der Waals surface area (Å²) < 4.78 is 4.78. The minimum atomic E-state index is -2.93. The molecule has 0 bridgehead atoms.